The molecule has 5 heteroatoms. The van der Waals surface area contributed by atoms with Crippen molar-refractivity contribution in [2.24, 2.45) is 0 Å². The van der Waals surface area contributed by atoms with Crippen molar-refractivity contribution < 1.29 is 13.2 Å². The summed E-state index contributed by atoms with van der Waals surface area (Å²) in [5.74, 6) is -0.455. The van der Waals surface area contributed by atoms with Crippen LogP contribution in [0.15, 0.2) is 34.8 Å². The van der Waals surface area contributed by atoms with Crippen LogP contribution in [-0.2, 0) is 13.8 Å². The SMILES string of the molecule is C=C(C)CC1=CC=C(S(=O)(=O)Cl)C(=O)C1. The number of ketones is 1. The molecule has 1 aliphatic rings. The Labute approximate surface area is 93.5 Å². The van der Waals surface area contributed by atoms with Crippen molar-refractivity contribution in [3.63, 3.8) is 0 Å². The van der Waals surface area contributed by atoms with Gasteiger partial charge in [-0.2, -0.15) is 0 Å². The molecule has 0 aromatic rings. The molecule has 0 atom stereocenters. The lowest BCUT2D eigenvalue weighted by Crippen LogP contribution is -2.12. The smallest absolute Gasteiger partial charge is 0.264 e. The maximum atomic E-state index is 11.4. The second-order valence-corrected chi connectivity index (χ2v) is 6.06. The first kappa shape index (κ1) is 12.2. The van der Waals surface area contributed by atoms with E-state index in [1.165, 1.54) is 6.08 Å². The van der Waals surface area contributed by atoms with Crippen LogP contribution in [0.3, 0.4) is 0 Å². The van der Waals surface area contributed by atoms with Gasteiger partial charge in [0.1, 0.15) is 4.91 Å². The van der Waals surface area contributed by atoms with E-state index in [4.69, 9.17) is 10.7 Å². The molecule has 0 aromatic heterocycles. The fourth-order valence-electron chi connectivity index (χ4n) is 1.37. The quantitative estimate of drug-likeness (QED) is 0.567. The van der Waals surface area contributed by atoms with Crippen molar-refractivity contribution in [3.05, 3.63) is 34.8 Å². The van der Waals surface area contributed by atoms with Crippen LogP contribution in [-0.4, -0.2) is 14.2 Å². The van der Waals surface area contributed by atoms with E-state index < -0.39 is 14.8 Å². The van der Waals surface area contributed by atoms with Gasteiger partial charge in [-0.25, -0.2) is 8.42 Å². The number of allylic oxidation sites excluding steroid dienone is 5. The summed E-state index contributed by atoms with van der Waals surface area (Å²) in [5.41, 5.74) is 1.79. The van der Waals surface area contributed by atoms with Gasteiger partial charge in [-0.1, -0.05) is 23.8 Å². The Kier molecular flexibility index (Phi) is 3.52. The summed E-state index contributed by atoms with van der Waals surface area (Å²) in [6.07, 6.45) is 3.58. The summed E-state index contributed by atoms with van der Waals surface area (Å²) in [6.45, 7) is 5.57. The summed E-state index contributed by atoms with van der Waals surface area (Å²) < 4.78 is 21.9. The highest BCUT2D eigenvalue weighted by Gasteiger charge is 2.25. The Morgan fingerprint density at radius 2 is 2.13 bits per heavy atom. The van der Waals surface area contributed by atoms with Crippen LogP contribution in [0.5, 0.6) is 0 Å². The minimum absolute atomic E-state index is 0.102. The summed E-state index contributed by atoms with van der Waals surface area (Å²) in [7, 11) is 1.19. The van der Waals surface area contributed by atoms with Gasteiger partial charge in [0, 0.05) is 17.1 Å². The monoisotopic (exact) mass is 246 g/mol. The molecular formula is C10H11ClO3S. The summed E-state index contributed by atoms with van der Waals surface area (Å²) in [5, 5.41) is 0. The highest BCUT2D eigenvalue weighted by atomic mass is 35.7. The van der Waals surface area contributed by atoms with Gasteiger partial charge in [-0.05, 0) is 19.4 Å². The van der Waals surface area contributed by atoms with Crippen LogP contribution in [0, 0.1) is 0 Å². The van der Waals surface area contributed by atoms with Crippen molar-refractivity contribution in [2.45, 2.75) is 19.8 Å². The van der Waals surface area contributed by atoms with Gasteiger partial charge in [0.25, 0.3) is 9.05 Å². The lowest BCUT2D eigenvalue weighted by molar-refractivity contribution is -0.114. The molecule has 82 valence electrons. The summed E-state index contributed by atoms with van der Waals surface area (Å²) >= 11 is 0. The zero-order valence-corrected chi connectivity index (χ0v) is 9.86. The van der Waals surface area contributed by atoms with E-state index in [0.717, 1.165) is 11.1 Å². The second-order valence-electron chi connectivity index (χ2n) is 3.53. The number of rotatable bonds is 3. The minimum Gasteiger partial charge on any atom is -0.293 e. The molecule has 0 aromatic carbocycles. The predicted octanol–water partition coefficient (Wildman–Crippen LogP) is 2.30. The van der Waals surface area contributed by atoms with E-state index >= 15 is 0 Å². The van der Waals surface area contributed by atoms with Gasteiger partial charge >= 0.3 is 0 Å². The van der Waals surface area contributed by atoms with Gasteiger partial charge in [-0.15, -0.1) is 0 Å². The molecule has 0 fully saturated rings. The Morgan fingerprint density at radius 3 is 2.53 bits per heavy atom. The van der Waals surface area contributed by atoms with E-state index in [0.29, 0.717) is 6.42 Å². The lowest BCUT2D eigenvalue weighted by atomic mass is 9.98. The molecule has 0 saturated carbocycles. The van der Waals surface area contributed by atoms with Gasteiger partial charge in [0.2, 0.25) is 0 Å². The van der Waals surface area contributed by atoms with E-state index in [1.807, 2.05) is 6.92 Å². The Hall–Kier alpha value is -0.870. The molecule has 0 unspecified atom stereocenters. The first-order chi connectivity index (χ1) is 6.80. The van der Waals surface area contributed by atoms with Crippen molar-refractivity contribution in [3.8, 4) is 0 Å². The molecule has 0 radical (unpaired) electrons. The maximum absolute atomic E-state index is 11.4. The number of Topliss-reactive ketones (excluding diaryl/α,β-unsaturated/α-hetero) is 1. The van der Waals surface area contributed by atoms with E-state index in [2.05, 4.69) is 6.58 Å². The van der Waals surface area contributed by atoms with Crippen molar-refractivity contribution in [1.82, 2.24) is 0 Å². The first-order valence-electron chi connectivity index (χ1n) is 4.32. The van der Waals surface area contributed by atoms with E-state index in [1.54, 1.807) is 6.08 Å². The third-order valence-electron chi connectivity index (χ3n) is 1.92. The third-order valence-corrected chi connectivity index (χ3v) is 3.31. The third kappa shape index (κ3) is 3.32. The van der Waals surface area contributed by atoms with Crippen LogP contribution >= 0.6 is 10.7 Å². The average molecular weight is 247 g/mol. The Morgan fingerprint density at radius 1 is 1.53 bits per heavy atom. The normalized spacial score (nSPS) is 17.1. The van der Waals surface area contributed by atoms with Crippen LogP contribution in [0.2, 0.25) is 0 Å². The molecule has 1 rings (SSSR count). The molecule has 1 aliphatic carbocycles. The van der Waals surface area contributed by atoms with Crippen LogP contribution < -0.4 is 0 Å². The van der Waals surface area contributed by atoms with E-state index in [-0.39, 0.29) is 11.3 Å². The molecular weight excluding hydrogens is 236 g/mol. The lowest BCUT2D eigenvalue weighted by Gasteiger charge is -2.11. The van der Waals surface area contributed by atoms with Crippen molar-refractivity contribution >= 4 is 25.5 Å². The fourth-order valence-corrected chi connectivity index (χ4v) is 2.35. The molecule has 0 N–H and O–H groups in total. The van der Waals surface area contributed by atoms with Crippen LogP contribution in [0.25, 0.3) is 0 Å². The fraction of sp³-hybridized carbons (Fsp3) is 0.300. The molecule has 0 amide bonds. The molecule has 0 heterocycles. The van der Waals surface area contributed by atoms with Gasteiger partial charge in [-0.3, -0.25) is 4.79 Å². The van der Waals surface area contributed by atoms with Gasteiger partial charge in [0.05, 0.1) is 0 Å². The minimum atomic E-state index is -3.91. The maximum Gasteiger partial charge on any atom is 0.264 e. The molecule has 0 saturated heterocycles. The van der Waals surface area contributed by atoms with Crippen LogP contribution in [0.1, 0.15) is 19.8 Å². The number of hydrogen-bond acceptors (Lipinski definition) is 3. The molecule has 0 bridgehead atoms. The molecule has 0 aliphatic heterocycles. The van der Waals surface area contributed by atoms with Crippen LogP contribution in [0.4, 0.5) is 0 Å². The highest BCUT2D eigenvalue weighted by Crippen LogP contribution is 2.25. The molecule has 3 nitrogen and oxygen atoms in total. The van der Waals surface area contributed by atoms with E-state index in [9.17, 15) is 13.2 Å². The average Bonchev–Trinajstić information content (AvgIpc) is 1.99. The standard InChI is InChI=1S/C10H11ClO3S/c1-7(2)5-8-3-4-10(9(12)6-8)15(11,13)14/h3-4H,1,5-6H2,2H3. The van der Waals surface area contributed by atoms with Gasteiger partial charge in [0.15, 0.2) is 5.78 Å². The van der Waals surface area contributed by atoms with Gasteiger partial charge < -0.3 is 0 Å². The zero-order valence-electron chi connectivity index (χ0n) is 8.29. The predicted molar refractivity (Wildman–Crippen MR) is 60.0 cm³/mol. The largest absolute Gasteiger partial charge is 0.293 e. The second kappa shape index (κ2) is 4.33. The Balaban J connectivity index is 2.99. The number of halogens is 1. The zero-order chi connectivity index (χ0) is 11.6. The topological polar surface area (TPSA) is 51.2 Å². The number of carbonyl (C=O) groups excluding carboxylic acids is 1. The molecule has 0 spiro atoms. The number of carbonyl (C=O) groups is 1. The van der Waals surface area contributed by atoms with Crippen molar-refractivity contribution in [2.75, 3.05) is 0 Å². The summed E-state index contributed by atoms with van der Waals surface area (Å²) in [4.78, 5) is 11.1. The summed E-state index contributed by atoms with van der Waals surface area (Å²) in [6, 6.07) is 0. The first-order valence-corrected chi connectivity index (χ1v) is 6.63. The number of hydrogen-bond donors (Lipinski definition) is 0. The Bertz CT molecular complexity index is 469. The molecule has 15 heavy (non-hydrogen) atoms. The highest BCUT2D eigenvalue weighted by molar-refractivity contribution is 8.17. The van der Waals surface area contributed by atoms with Crippen molar-refractivity contribution in [1.29, 1.82) is 0 Å².